The summed E-state index contributed by atoms with van der Waals surface area (Å²) < 4.78 is 6.42. The van der Waals surface area contributed by atoms with E-state index in [1.807, 2.05) is 0 Å². The Morgan fingerprint density at radius 3 is 1.89 bits per heavy atom. The van der Waals surface area contributed by atoms with E-state index < -0.39 is 8.32 Å². The molecule has 0 spiro atoms. The molecule has 0 fully saturated rings. The molecule has 0 aromatic carbocycles. The van der Waals surface area contributed by atoms with Gasteiger partial charge in [-0.1, -0.05) is 48.5 Å². The van der Waals surface area contributed by atoms with Crippen LogP contribution >= 0.6 is 0 Å². The van der Waals surface area contributed by atoms with E-state index >= 15 is 0 Å². The lowest BCUT2D eigenvalue weighted by atomic mass is 9.84. The van der Waals surface area contributed by atoms with Crippen molar-refractivity contribution < 1.29 is 9.53 Å². The second kappa shape index (κ2) is 6.73. The normalized spacial score (nSPS) is 15.9. The molecule has 116 valence electrons. The van der Waals surface area contributed by atoms with Crippen molar-refractivity contribution in [3.63, 3.8) is 0 Å². The molecular formula is C16H36O2Si. The molecule has 1 N–H and O–H groups in total. The monoisotopic (exact) mass is 288 g/mol. The van der Waals surface area contributed by atoms with Crippen LogP contribution in [0.1, 0.15) is 54.9 Å². The minimum atomic E-state index is -1.73. The number of aliphatic hydroxyl groups is 1. The second-order valence-electron chi connectivity index (χ2n) is 8.33. The molecule has 0 amide bonds. The summed E-state index contributed by atoms with van der Waals surface area (Å²) in [5.74, 6) is 0.982. The van der Waals surface area contributed by atoms with Crippen LogP contribution in [-0.2, 0) is 4.43 Å². The van der Waals surface area contributed by atoms with Gasteiger partial charge in [-0.15, -0.1) is 0 Å². The molecule has 0 bridgehead atoms. The van der Waals surface area contributed by atoms with E-state index in [0.717, 1.165) is 13.0 Å². The van der Waals surface area contributed by atoms with Gasteiger partial charge >= 0.3 is 0 Å². The van der Waals surface area contributed by atoms with Crippen LogP contribution in [0.5, 0.6) is 0 Å². The van der Waals surface area contributed by atoms with Gasteiger partial charge in [0.15, 0.2) is 8.32 Å². The van der Waals surface area contributed by atoms with Crippen molar-refractivity contribution in [2.45, 2.75) is 73.0 Å². The molecule has 1 unspecified atom stereocenters. The Balaban J connectivity index is 4.61. The molecule has 0 aliphatic carbocycles. The van der Waals surface area contributed by atoms with Crippen LogP contribution in [-0.4, -0.2) is 26.6 Å². The average Bonchev–Trinajstić information content (AvgIpc) is 2.25. The Morgan fingerprint density at radius 2 is 1.53 bits per heavy atom. The first-order valence-corrected chi connectivity index (χ1v) is 10.5. The van der Waals surface area contributed by atoms with E-state index in [9.17, 15) is 5.11 Å². The first-order valence-electron chi connectivity index (χ1n) is 7.60. The van der Waals surface area contributed by atoms with Gasteiger partial charge in [0.2, 0.25) is 0 Å². The van der Waals surface area contributed by atoms with Crippen LogP contribution in [0.25, 0.3) is 0 Å². The smallest absolute Gasteiger partial charge is 0.192 e. The minimum absolute atomic E-state index is 0.138. The molecule has 19 heavy (non-hydrogen) atoms. The van der Waals surface area contributed by atoms with E-state index in [4.69, 9.17) is 4.43 Å². The summed E-state index contributed by atoms with van der Waals surface area (Å²) >= 11 is 0. The number of rotatable bonds is 8. The van der Waals surface area contributed by atoms with E-state index in [0.29, 0.717) is 11.8 Å². The molecule has 2 nitrogen and oxygen atoms in total. The van der Waals surface area contributed by atoms with Crippen LogP contribution in [0.15, 0.2) is 0 Å². The Morgan fingerprint density at radius 1 is 1.05 bits per heavy atom. The molecule has 3 heteroatoms. The van der Waals surface area contributed by atoms with Crippen molar-refractivity contribution in [1.82, 2.24) is 0 Å². The molecule has 0 rings (SSSR count). The lowest BCUT2D eigenvalue weighted by Gasteiger charge is -2.44. The van der Waals surface area contributed by atoms with Gasteiger partial charge in [0.1, 0.15) is 0 Å². The maximum atomic E-state index is 9.20. The fraction of sp³-hybridized carbons (Fsp3) is 1.00. The van der Waals surface area contributed by atoms with E-state index in [2.05, 4.69) is 61.6 Å². The van der Waals surface area contributed by atoms with Crippen molar-refractivity contribution in [2.75, 3.05) is 13.2 Å². The zero-order valence-electron chi connectivity index (χ0n) is 14.6. The van der Waals surface area contributed by atoms with Crippen LogP contribution in [0.4, 0.5) is 0 Å². The molecule has 0 saturated heterocycles. The van der Waals surface area contributed by atoms with Crippen molar-refractivity contribution >= 4 is 8.32 Å². The van der Waals surface area contributed by atoms with Gasteiger partial charge in [-0.3, -0.25) is 0 Å². The fourth-order valence-electron chi connectivity index (χ4n) is 2.32. The lowest BCUT2D eigenvalue weighted by molar-refractivity contribution is 0.114. The first kappa shape index (κ1) is 19.1. The Kier molecular flexibility index (Phi) is 6.78. The highest BCUT2D eigenvalue weighted by Gasteiger charge is 2.44. The van der Waals surface area contributed by atoms with Crippen molar-refractivity contribution in [2.24, 2.45) is 17.3 Å². The van der Waals surface area contributed by atoms with Gasteiger partial charge in [-0.2, -0.15) is 0 Å². The van der Waals surface area contributed by atoms with Gasteiger partial charge in [0.05, 0.1) is 0 Å². The van der Waals surface area contributed by atoms with Crippen LogP contribution in [0.3, 0.4) is 0 Å². The highest BCUT2D eigenvalue weighted by Crippen LogP contribution is 2.45. The van der Waals surface area contributed by atoms with E-state index in [1.54, 1.807) is 0 Å². The Hall–Kier alpha value is 0.137. The molecule has 0 radical (unpaired) electrons. The van der Waals surface area contributed by atoms with Crippen molar-refractivity contribution in [3.8, 4) is 0 Å². The maximum absolute atomic E-state index is 9.20. The Bertz CT molecular complexity index is 270. The van der Waals surface area contributed by atoms with E-state index in [-0.39, 0.29) is 17.1 Å². The summed E-state index contributed by atoms with van der Waals surface area (Å²) in [6.45, 7) is 21.6. The lowest BCUT2D eigenvalue weighted by Crippen LogP contribution is -2.47. The predicted octanol–water partition coefficient (Wildman–Crippen LogP) is 4.69. The summed E-state index contributed by atoms with van der Waals surface area (Å²) in [6.07, 6.45) is 1.01. The fourth-order valence-corrected chi connectivity index (χ4v) is 4.84. The summed E-state index contributed by atoms with van der Waals surface area (Å²) in [4.78, 5) is 0. The molecule has 1 atom stereocenters. The SMILES string of the molecule is CC(CO)CC(C)(C)CO[Si](C)(C)C(C)(C)C(C)C. The van der Waals surface area contributed by atoms with Gasteiger partial charge < -0.3 is 9.53 Å². The zero-order chi connectivity index (χ0) is 15.5. The number of hydrogen-bond acceptors (Lipinski definition) is 2. The highest BCUT2D eigenvalue weighted by atomic mass is 28.4. The van der Waals surface area contributed by atoms with Gasteiger partial charge in [-0.05, 0) is 41.8 Å². The van der Waals surface area contributed by atoms with Gasteiger partial charge in [0.25, 0.3) is 0 Å². The summed E-state index contributed by atoms with van der Waals surface area (Å²) in [5.41, 5.74) is 0.138. The minimum Gasteiger partial charge on any atom is -0.416 e. The topological polar surface area (TPSA) is 29.5 Å². The van der Waals surface area contributed by atoms with Gasteiger partial charge in [-0.25, -0.2) is 0 Å². The van der Waals surface area contributed by atoms with Crippen molar-refractivity contribution in [3.05, 3.63) is 0 Å². The summed E-state index contributed by atoms with van der Waals surface area (Å²) in [7, 11) is -1.73. The molecule has 0 aromatic rings. The highest BCUT2D eigenvalue weighted by molar-refractivity contribution is 6.74. The quantitative estimate of drug-likeness (QED) is 0.657. The third kappa shape index (κ3) is 5.56. The molecule has 0 aromatic heterocycles. The largest absolute Gasteiger partial charge is 0.416 e. The number of hydrogen-bond donors (Lipinski definition) is 1. The van der Waals surface area contributed by atoms with Crippen LogP contribution in [0, 0.1) is 17.3 Å². The second-order valence-corrected chi connectivity index (χ2v) is 12.9. The molecular weight excluding hydrogens is 252 g/mol. The van der Waals surface area contributed by atoms with Crippen molar-refractivity contribution in [1.29, 1.82) is 0 Å². The summed E-state index contributed by atoms with van der Waals surface area (Å²) in [6, 6.07) is 0. The standard InChI is InChI=1S/C16H36O2Si/c1-13(2)16(6,7)19(8,9)18-12-15(4,5)10-14(3)11-17/h13-14,17H,10-12H2,1-9H3. The predicted molar refractivity (Wildman–Crippen MR) is 87.0 cm³/mol. The first-order chi connectivity index (χ1) is 8.35. The third-order valence-electron chi connectivity index (χ3n) is 5.03. The Labute approximate surface area is 122 Å². The molecule has 0 aliphatic heterocycles. The molecule has 0 aliphatic rings. The maximum Gasteiger partial charge on any atom is 0.192 e. The molecule has 0 saturated carbocycles. The molecule has 0 heterocycles. The van der Waals surface area contributed by atoms with Crippen LogP contribution < -0.4 is 0 Å². The summed E-state index contributed by atoms with van der Waals surface area (Å²) in [5, 5.41) is 9.47. The van der Waals surface area contributed by atoms with Crippen LogP contribution in [0.2, 0.25) is 18.1 Å². The third-order valence-corrected chi connectivity index (χ3v) is 9.58. The van der Waals surface area contributed by atoms with E-state index in [1.165, 1.54) is 0 Å². The average molecular weight is 289 g/mol. The van der Waals surface area contributed by atoms with Gasteiger partial charge in [0, 0.05) is 13.2 Å². The number of aliphatic hydroxyl groups excluding tert-OH is 1. The zero-order valence-corrected chi connectivity index (χ0v) is 15.6.